The number of fused-ring (bicyclic) bond motifs is 1. The number of ether oxygens (including phenoxy) is 2. The third-order valence-electron chi connectivity index (χ3n) is 5.37. The Balaban J connectivity index is 2.17. The van der Waals surface area contributed by atoms with Crippen LogP contribution in [-0.4, -0.2) is 63.5 Å². The highest BCUT2D eigenvalue weighted by atomic mass is 32.1. The van der Waals surface area contributed by atoms with Gasteiger partial charge in [-0.05, 0) is 46.1 Å². The number of aromatic nitrogens is 2. The molecule has 0 radical (unpaired) electrons. The van der Waals surface area contributed by atoms with Crippen LogP contribution < -0.4 is 11.2 Å². The smallest absolute Gasteiger partial charge is 0.428 e. The minimum atomic E-state index is -1.18. The van der Waals surface area contributed by atoms with Crippen LogP contribution in [0.15, 0.2) is 14.7 Å². The number of carboxylic acid groups (broad SMARTS) is 1. The maximum atomic E-state index is 13.2. The van der Waals surface area contributed by atoms with E-state index in [4.69, 9.17) is 9.47 Å². The number of nitrogens with zero attached hydrogens (tertiary/aromatic N) is 4. The van der Waals surface area contributed by atoms with E-state index in [9.17, 15) is 19.5 Å². The quantitative estimate of drug-likeness (QED) is 0.495. The van der Waals surface area contributed by atoms with Crippen molar-refractivity contribution in [2.45, 2.75) is 65.3 Å². The molecule has 32 heavy (non-hydrogen) atoms. The number of carbonyl (C=O) groups is 1. The van der Waals surface area contributed by atoms with Gasteiger partial charge in [-0.15, -0.1) is 11.3 Å². The molecule has 1 aliphatic rings. The second kappa shape index (κ2) is 9.55. The standard InChI is InChI=1S/C21H30N4O6S/c1-13-15(11-22-25(20(28)29)21(2,3)4)32-18-16(13)17(26)23(8-10-30-5)19(27)24(18)12-14-7-6-9-31-14/h11,14H,6-10,12H2,1-5H3,(H,28,29)/b22-11+. The number of hydrogen-bond donors (Lipinski definition) is 1. The lowest BCUT2D eigenvalue weighted by atomic mass is 10.1. The van der Waals surface area contributed by atoms with E-state index >= 15 is 0 Å². The van der Waals surface area contributed by atoms with Crippen molar-refractivity contribution in [3.05, 3.63) is 31.3 Å². The maximum absolute atomic E-state index is 13.2. The van der Waals surface area contributed by atoms with Crippen LogP contribution in [0.3, 0.4) is 0 Å². The van der Waals surface area contributed by atoms with Gasteiger partial charge in [-0.2, -0.15) is 10.1 Å². The Morgan fingerprint density at radius 1 is 1.38 bits per heavy atom. The van der Waals surface area contributed by atoms with E-state index in [-0.39, 0.29) is 24.8 Å². The van der Waals surface area contributed by atoms with Crippen LogP contribution in [0.2, 0.25) is 0 Å². The first kappa shape index (κ1) is 24.1. The predicted octanol–water partition coefficient (Wildman–Crippen LogP) is 2.47. The molecule has 10 nitrogen and oxygen atoms in total. The summed E-state index contributed by atoms with van der Waals surface area (Å²) in [6.07, 6.45) is 1.96. The van der Waals surface area contributed by atoms with Crippen LogP contribution in [0, 0.1) is 6.92 Å². The van der Waals surface area contributed by atoms with Crippen LogP contribution >= 0.6 is 11.3 Å². The van der Waals surface area contributed by atoms with Crippen molar-refractivity contribution in [3.8, 4) is 0 Å². The summed E-state index contributed by atoms with van der Waals surface area (Å²) in [4.78, 5) is 39.2. The first-order valence-electron chi connectivity index (χ1n) is 10.5. The van der Waals surface area contributed by atoms with Gasteiger partial charge in [0.1, 0.15) is 4.83 Å². The summed E-state index contributed by atoms with van der Waals surface area (Å²) in [5, 5.41) is 15.0. The highest BCUT2D eigenvalue weighted by molar-refractivity contribution is 7.20. The normalized spacial score (nSPS) is 17.0. The van der Waals surface area contributed by atoms with Gasteiger partial charge in [0.15, 0.2) is 0 Å². The molecule has 1 amide bonds. The molecule has 11 heteroatoms. The van der Waals surface area contributed by atoms with E-state index in [0.29, 0.717) is 33.8 Å². The average molecular weight is 467 g/mol. The summed E-state index contributed by atoms with van der Waals surface area (Å²) in [5.74, 6) is 0. The summed E-state index contributed by atoms with van der Waals surface area (Å²) in [7, 11) is 1.52. The fourth-order valence-electron chi connectivity index (χ4n) is 3.69. The molecule has 1 N–H and O–H groups in total. The first-order chi connectivity index (χ1) is 15.1. The SMILES string of the molecule is COCCn1c(=O)c2c(C)c(/C=N/N(C(=O)O)C(C)(C)C)sc2n(CC2CCCO2)c1=O. The molecule has 0 bridgehead atoms. The van der Waals surface area contributed by atoms with Crippen molar-refractivity contribution >= 4 is 33.9 Å². The van der Waals surface area contributed by atoms with Crippen molar-refractivity contribution < 1.29 is 19.4 Å². The molecule has 1 unspecified atom stereocenters. The van der Waals surface area contributed by atoms with E-state index in [2.05, 4.69) is 5.10 Å². The topological polar surface area (TPSA) is 115 Å². The van der Waals surface area contributed by atoms with Gasteiger partial charge in [-0.3, -0.25) is 13.9 Å². The number of thiophene rings is 1. The average Bonchev–Trinajstić information content (AvgIpc) is 3.32. The lowest BCUT2D eigenvalue weighted by molar-refractivity contribution is 0.0964. The fraction of sp³-hybridized carbons (Fsp3) is 0.619. The second-order valence-corrected chi connectivity index (χ2v) is 9.79. The zero-order chi connectivity index (χ0) is 23.6. The highest BCUT2D eigenvalue weighted by Gasteiger charge is 2.27. The minimum Gasteiger partial charge on any atom is -0.464 e. The van der Waals surface area contributed by atoms with Crippen molar-refractivity contribution in [1.82, 2.24) is 14.1 Å². The largest absolute Gasteiger partial charge is 0.464 e. The summed E-state index contributed by atoms with van der Waals surface area (Å²) in [6.45, 7) is 8.39. The zero-order valence-electron chi connectivity index (χ0n) is 19.1. The lowest BCUT2D eigenvalue weighted by Gasteiger charge is -2.27. The maximum Gasteiger partial charge on any atom is 0.428 e. The Morgan fingerprint density at radius 2 is 2.09 bits per heavy atom. The number of hydrazone groups is 1. The van der Waals surface area contributed by atoms with Crippen molar-refractivity contribution in [1.29, 1.82) is 0 Å². The molecule has 3 rings (SSSR count). The monoisotopic (exact) mass is 466 g/mol. The van der Waals surface area contributed by atoms with Crippen LogP contribution in [0.4, 0.5) is 4.79 Å². The Kier molecular flexibility index (Phi) is 7.21. The van der Waals surface area contributed by atoms with Gasteiger partial charge in [-0.25, -0.2) is 9.59 Å². The van der Waals surface area contributed by atoms with Crippen LogP contribution in [0.1, 0.15) is 44.1 Å². The van der Waals surface area contributed by atoms with Crippen molar-refractivity contribution in [3.63, 3.8) is 0 Å². The Morgan fingerprint density at radius 3 is 2.66 bits per heavy atom. The van der Waals surface area contributed by atoms with Crippen molar-refractivity contribution in [2.75, 3.05) is 20.3 Å². The third kappa shape index (κ3) is 4.79. The fourth-order valence-corrected chi connectivity index (χ4v) is 4.86. The number of aryl methyl sites for hydroxylation is 1. The number of amides is 1. The van der Waals surface area contributed by atoms with Gasteiger partial charge in [0.25, 0.3) is 5.56 Å². The summed E-state index contributed by atoms with van der Waals surface area (Å²) >= 11 is 1.25. The molecule has 3 heterocycles. The van der Waals surface area contributed by atoms with Gasteiger partial charge in [0, 0.05) is 13.7 Å². The molecule has 1 fully saturated rings. The molecule has 176 valence electrons. The molecule has 2 aromatic rings. The molecular weight excluding hydrogens is 436 g/mol. The van der Waals surface area contributed by atoms with E-state index in [1.54, 1.807) is 32.3 Å². The van der Waals surface area contributed by atoms with Crippen molar-refractivity contribution in [2.24, 2.45) is 5.10 Å². The Labute approximate surface area is 189 Å². The van der Waals surface area contributed by atoms with E-state index in [1.165, 1.54) is 29.2 Å². The molecule has 1 saturated heterocycles. The van der Waals surface area contributed by atoms with E-state index in [1.807, 2.05) is 0 Å². The Bertz CT molecular complexity index is 1130. The van der Waals surface area contributed by atoms with E-state index in [0.717, 1.165) is 17.9 Å². The van der Waals surface area contributed by atoms with Gasteiger partial charge in [0.2, 0.25) is 0 Å². The summed E-state index contributed by atoms with van der Waals surface area (Å²) in [5.41, 5.74) is -0.862. The minimum absolute atomic E-state index is 0.0906. The molecule has 1 atom stereocenters. The molecule has 1 aliphatic heterocycles. The first-order valence-corrected chi connectivity index (χ1v) is 11.3. The molecule has 0 spiro atoms. The molecule has 0 saturated carbocycles. The van der Waals surface area contributed by atoms with Crippen LogP contribution in [-0.2, 0) is 22.6 Å². The van der Waals surface area contributed by atoms with Crippen LogP contribution in [0.25, 0.3) is 10.2 Å². The molecular formula is C21H30N4O6S. The number of methoxy groups -OCH3 is 1. The number of rotatable bonds is 7. The molecule has 0 aliphatic carbocycles. The van der Waals surface area contributed by atoms with E-state index < -0.39 is 17.3 Å². The highest BCUT2D eigenvalue weighted by Crippen LogP contribution is 2.28. The molecule has 0 aromatic carbocycles. The third-order valence-corrected chi connectivity index (χ3v) is 6.62. The summed E-state index contributed by atoms with van der Waals surface area (Å²) < 4.78 is 13.6. The zero-order valence-corrected chi connectivity index (χ0v) is 19.9. The van der Waals surface area contributed by atoms with Gasteiger partial charge in [0.05, 0.1) is 47.8 Å². The molecule has 2 aromatic heterocycles. The number of hydrogen-bond acceptors (Lipinski definition) is 7. The van der Waals surface area contributed by atoms with Gasteiger partial charge >= 0.3 is 11.8 Å². The lowest BCUT2D eigenvalue weighted by Crippen LogP contribution is -2.42. The second-order valence-electron chi connectivity index (χ2n) is 8.76. The van der Waals surface area contributed by atoms with Gasteiger partial charge in [-0.1, -0.05) is 0 Å². The predicted molar refractivity (Wildman–Crippen MR) is 123 cm³/mol. The van der Waals surface area contributed by atoms with Gasteiger partial charge < -0.3 is 14.6 Å². The van der Waals surface area contributed by atoms with Crippen LogP contribution in [0.5, 0.6) is 0 Å². The Hall–Kier alpha value is -2.50. The summed E-state index contributed by atoms with van der Waals surface area (Å²) in [6, 6.07) is 0.